The summed E-state index contributed by atoms with van der Waals surface area (Å²) in [5, 5.41) is 13.9. The monoisotopic (exact) mass is 556 g/mol. The predicted molar refractivity (Wildman–Crippen MR) is 143 cm³/mol. The maximum absolute atomic E-state index is 13.1. The van der Waals surface area contributed by atoms with Crippen LogP contribution in [0.4, 0.5) is 9.39 Å². The molecule has 0 radical (unpaired) electrons. The summed E-state index contributed by atoms with van der Waals surface area (Å²) in [6, 6.07) is 13.0. The van der Waals surface area contributed by atoms with Crippen LogP contribution in [0.25, 0.3) is 11.1 Å². The summed E-state index contributed by atoms with van der Waals surface area (Å²) >= 11 is 2.44. The molecule has 1 unspecified atom stereocenters. The van der Waals surface area contributed by atoms with E-state index >= 15 is 0 Å². The molecule has 4 aromatic rings. The Morgan fingerprint density at radius 1 is 1.08 bits per heavy atom. The molecule has 1 atom stereocenters. The van der Waals surface area contributed by atoms with Crippen molar-refractivity contribution in [2.75, 3.05) is 25.3 Å². The molecule has 198 valence electrons. The number of thioether (sulfide) groups is 1. The molecule has 0 bridgehead atoms. The van der Waals surface area contributed by atoms with Crippen LogP contribution in [0.1, 0.15) is 29.2 Å². The largest absolute Gasteiger partial charge is 0.497 e. The number of carbonyl (C=O) groups excluding carboxylic acids is 2. The fourth-order valence-corrected chi connectivity index (χ4v) is 5.30. The average molecular weight is 557 g/mol. The van der Waals surface area contributed by atoms with Crippen LogP contribution in [0.5, 0.6) is 11.5 Å². The lowest BCUT2D eigenvalue weighted by Crippen LogP contribution is -2.16. The molecule has 0 aliphatic rings. The summed E-state index contributed by atoms with van der Waals surface area (Å²) in [7, 11) is 4.65. The van der Waals surface area contributed by atoms with Gasteiger partial charge >= 0.3 is 5.97 Å². The van der Waals surface area contributed by atoms with E-state index in [4.69, 9.17) is 14.2 Å². The minimum absolute atomic E-state index is 0.0373. The first kappa shape index (κ1) is 27.1. The molecule has 0 fully saturated rings. The number of methoxy groups -OCH3 is 2. The van der Waals surface area contributed by atoms with E-state index in [-0.39, 0.29) is 23.0 Å². The molecule has 2 aromatic heterocycles. The van der Waals surface area contributed by atoms with Crippen molar-refractivity contribution in [3.05, 3.63) is 71.1 Å². The minimum atomic E-state index is -0.548. The first-order chi connectivity index (χ1) is 18.3. The van der Waals surface area contributed by atoms with Gasteiger partial charge in [0, 0.05) is 18.0 Å². The van der Waals surface area contributed by atoms with E-state index < -0.39 is 12.1 Å². The van der Waals surface area contributed by atoms with Crippen molar-refractivity contribution in [3.63, 3.8) is 0 Å². The zero-order valence-corrected chi connectivity index (χ0v) is 22.7. The lowest BCUT2D eigenvalue weighted by atomic mass is 10.0. The Kier molecular flexibility index (Phi) is 8.64. The Balaban J connectivity index is 1.42. The number of benzene rings is 2. The number of thiophene rings is 1. The maximum Gasteiger partial charge on any atom is 0.341 e. The number of halogens is 1. The fraction of sp³-hybridized carbons (Fsp3) is 0.231. The first-order valence-corrected chi connectivity index (χ1v) is 13.3. The number of nitrogens with zero attached hydrogens (tertiary/aromatic N) is 3. The second-order valence-electron chi connectivity index (χ2n) is 8.02. The smallest absolute Gasteiger partial charge is 0.341 e. The third-order valence-corrected chi connectivity index (χ3v) is 7.44. The Labute approximate surface area is 226 Å². The molecule has 4 rings (SSSR count). The molecule has 2 heterocycles. The standard InChI is InChI=1S/C26H25FN4O5S2/c1-15(36-19-11-7-17(27)8-12-19)23-29-30-26(31(23)2)38-14-21(32)28-24-22(25(33)35-4)20(13-37-24)16-5-9-18(34-3)10-6-16/h5-13,15H,14H2,1-4H3,(H,28,32). The van der Waals surface area contributed by atoms with Gasteiger partial charge in [0.05, 0.1) is 20.0 Å². The number of hydrogen-bond donors (Lipinski definition) is 1. The molecule has 1 N–H and O–H groups in total. The Morgan fingerprint density at radius 3 is 2.42 bits per heavy atom. The van der Waals surface area contributed by atoms with Gasteiger partial charge in [-0.3, -0.25) is 4.79 Å². The molecule has 2 aromatic carbocycles. The van der Waals surface area contributed by atoms with E-state index in [1.165, 1.54) is 54.5 Å². The number of amides is 1. The van der Waals surface area contributed by atoms with Crippen LogP contribution < -0.4 is 14.8 Å². The number of ether oxygens (including phenoxy) is 3. The Bertz CT molecular complexity index is 1420. The van der Waals surface area contributed by atoms with E-state index in [1.54, 1.807) is 43.2 Å². The van der Waals surface area contributed by atoms with Crippen LogP contribution in [0, 0.1) is 5.82 Å². The highest BCUT2D eigenvalue weighted by Gasteiger charge is 2.23. The Morgan fingerprint density at radius 2 is 1.76 bits per heavy atom. The van der Waals surface area contributed by atoms with Crippen LogP contribution in [0.15, 0.2) is 59.1 Å². The molecule has 9 nitrogen and oxygen atoms in total. The van der Waals surface area contributed by atoms with Crippen LogP contribution in [-0.2, 0) is 16.6 Å². The number of aromatic nitrogens is 3. The van der Waals surface area contributed by atoms with E-state index in [9.17, 15) is 14.0 Å². The third-order valence-electron chi connectivity index (χ3n) is 5.53. The number of carbonyl (C=O) groups is 2. The van der Waals surface area contributed by atoms with Crippen LogP contribution >= 0.6 is 23.1 Å². The van der Waals surface area contributed by atoms with Crippen molar-refractivity contribution in [2.24, 2.45) is 7.05 Å². The summed E-state index contributed by atoms with van der Waals surface area (Å²) in [5.41, 5.74) is 1.73. The molecule has 1 amide bonds. The average Bonchev–Trinajstić information content (AvgIpc) is 3.51. The van der Waals surface area contributed by atoms with Gasteiger partial charge in [-0.25, -0.2) is 9.18 Å². The number of nitrogens with one attached hydrogen (secondary N) is 1. The topological polar surface area (TPSA) is 105 Å². The summed E-state index contributed by atoms with van der Waals surface area (Å²) < 4.78 is 30.9. The highest BCUT2D eigenvalue weighted by Crippen LogP contribution is 2.37. The number of esters is 1. The molecule has 12 heteroatoms. The molecule has 38 heavy (non-hydrogen) atoms. The third kappa shape index (κ3) is 6.14. The van der Waals surface area contributed by atoms with Crippen molar-refractivity contribution in [1.82, 2.24) is 14.8 Å². The van der Waals surface area contributed by atoms with Gasteiger partial charge in [-0.15, -0.1) is 21.5 Å². The molecule has 0 spiro atoms. The second-order valence-corrected chi connectivity index (χ2v) is 9.85. The normalized spacial score (nSPS) is 11.6. The number of rotatable bonds is 10. The molecule has 0 saturated heterocycles. The summed E-state index contributed by atoms with van der Waals surface area (Å²) in [5.74, 6) is 0.567. The van der Waals surface area contributed by atoms with Crippen molar-refractivity contribution in [1.29, 1.82) is 0 Å². The maximum atomic E-state index is 13.1. The minimum Gasteiger partial charge on any atom is -0.497 e. The highest BCUT2D eigenvalue weighted by atomic mass is 32.2. The van der Waals surface area contributed by atoms with Crippen LogP contribution in [-0.4, -0.2) is 46.6 Å². The van der Waals surface area contributed by atoms with Crippen molar-refractivity contribution >= 4 is 40.0 Å². The summed E-state index contributed by atoms with van der Waals surface area (Å²) in [6.45, 7) is 1.81. The van der Waals surface area contributed by atoms with Gasteiger partial charge in [-0.05, 0) is 48.9 Å². The van der Waals surface area contributed by atoms with Crippen LogP contribution in [0.3, 0.4) is 0 Å². The lowest BCUT2D eigenvalue weighted by molar-refractivity contribution is -0.113. The predicted octanol–water partition coefficient (Wildman–Crippen LogP) is 5.35. The van der Waals surface area contributed by atoms with E-state index in [0.717, 1.165) is 5.56 Å². The molecule has 0 aliphatic carbocycles. The van der Waals surface area contributed by atoms with Crippen molar-refractivity contribution < 1.29 is 28.2 Å². The molecule has 0 aliphatic heterocycles. The molecular weight excluding hydrogens is 531 g/mol. The lowest BCUT2D eigenvalue weighted by Gasteiger charge is -2.14. The van der Waals surface area contributed by atoms with Gasteiger partial charge in [-0.2, -0.15) is 0 Å². The van der Waals surface area contributed by atoms with E-state index in [2.05, 4.69) is 15.5 Å². The van der Waals surface area contributed by atoms with Gasteiger partial charge in [0.15, 0.2) is 17.1 Å². The molecule has 0 saturated carbocycles. The number of hydrogen-bond acceptors (Lipinski definition) is 9. The summed E-state index contributed by atoms with van der Waals surface area (Å²) in [6.07, 6.45) is -0.453. The summed E-state index contributed by atoms with van der Waals surface area (Å²) in [4.78, 5) is 25.4. The van der Waals surface area contributed by atoms with Gasteiger partial charge in [0.1, 0.15) is 27.9 Å². The zero-order chi connectivity index (χ0) is 27.2. The fourth-order valence-electron chi connectivity index (χ4n) is 3.61. The quantitative estimate of drug-likeness (QED) is 0.206. The van der Waals surface area contributed by atoms with Gasteiger partial charge in [0.25, 0.3) is 0 Å². The van der Waals surface area contributed by atoms with Crippen molar-refractivity contribution in [3.8, 4) is 22.6 Å². The SMILES string of the molecule is COC(=O)c1c(-c2ccc(OC)cc2)csc1NC(=O)CSc1nnc(C(C)Oc2ccc(F)cc2)n1C. The van der Waals surface area contributed by atoms with Gasteiger partial charge < -0.3 is 24.1 Å². The second kappa shape index (κ2) is 12.1. The van der Waals surface area contributed by atoms with Crippen molar-refractivity contribution in [2.45, 2.75) is 18.2 Å². The Hall–Kier alpha value is -3.90. The zero-order valence-electron chi connectivity index (χ0n) is 21.1. The van der Waals surface area contributed by atoms with Gasteiger partial charge in [0.2, 0.25) is 5.91 Å². The first-order valence-electron chi connectivity index (χ1n) is 11.4. The van der Waals surface area contributed by atoms with E-state index in [0.29, 0.717) is 33.0 Å². The van der Waals surface area contributed by atoms with Gasteiger partial charge in [-0.1, -0.05) is 23.9 Å². The van der Waals surface area contributed by atoms with Crippen LogP contribution in [0.2, 0.25) is 0 Å². The molecular formula is C26H25FN4O5S2. The number of anilines is 1. The highest BCUT2D eigenvalue weighted by molar-refractivity contribution is 7.99. The van der Waals surface area contributed by atoms with E-state index in [1.807, 2.05) is 12.1 Å².